The van der Waals surface area contributed by atoms with E-state index in [1.54, 1.807) is 0 Å². The van der Waals surface area contributed by atoms with E-state index in [2.05, 4.69) is 99.8 Å². The number of hydrogen-bond donors (Lipinski definition) is 0. The number of rotatable bonds is 4. The van der Waals surface area contributed by atoms with Gasteiger partial charge in [-0.05, 0) is 0 Å². The summed E-state index contributed by atoms with van der Waals surface area (Å²) in [7, 11) is 2.07. The first-order valence-electron chi connectivity index (χ1n) is 10.8. The molecule has 0 fully saturated rings. The zero-order chi connectivity index (χ0) is 22.2. The molecule has 0 amide bonds. The number of hydrogen-bond acceptors (Lipinski definition) is 5. The number of pyridine rings is 1. The Bertz CT molecular complexity index is 1340. The molecule has 0 aliphatic carbocycles. The molecule has 0 saturated carbocycles. The fourth-order valence-corrected chi connectivity index (χ4v) is 7.05. The number of para-hydroxylation sites is 1. The molecule has 162 valence electrons. The second-order valence-electron chi connectivity index (χ2n) is 7.99. The molecule has 0 N–H and O–H groups in total. The summed E-state index contributed by atoms with van der Waals surface area (Å²) in [6.07, 6.45) is 6.01. The van der Waals surface area contributed by atoms with Crippen molar-refractivity contribution >= 4 is 51.0 Å². The number of fused-ring (bicyclic) bond motifs is 2. The van der Waals surface area contributed by atoms with Crippen LogP contribution < -0.4 is 21.8 Å². The van der Waals surface area contributed by atoms with Gasteiger partial charge in [-0.3, -0.25) is 0 Å². The molecular formula is C27H22N4OTe. The molecule has 0 radical (unpaired) electrons. The van der Waals surface area contributed by atoms with Crippen LogP contribution in [-0.4, -0.2) is 44.5 Å². The van der Waals surface area contributed by atoms with Gasteiger partial charge >= 0.3 is 204 Å². The molecule has 1 aromatic heterocycles. The molecule has 0 atom stereocenters. The van der Waals surface area contributed by atoms with Crippen LogP contribution in [0.3, 0.4) is 0 Å². The number of nitrogens with zero attached hydrogens (tertiary/aromatic N) is 4. The van der Waals surface area contributed by atoms with Crippen LogP contribution in [0.25, 0.3) is 0 Å². The van der Waals surface area contributed by atoms with Crippen molar-refractivity contribution in [2.75, 3.05) is 23.5 Å². The molecule has 3 aromatic carbocycles. The van der Waals surface area contributed by atoms with Gasteiger partial charge in [0.2, 0.25) is 0 Å². The normalized spacial score (nSPS) is 14.3. The minimum absolute atomic E-state index is 0.489. The number of ether oxygens (including phenoxy) is 1. The first kappa shape index (κ1) is 20.2. The predicted octanol–water partition coefficient (Wildman–Crippen LogP) is 4.49. The number of aromatic nitrogens is 1. The Labute approximate surface area is 203 Å². The third-order valence-corrected chi connectivity index (χ3v) is 8.86. The molecule has 4 aromatic rings. The van der Waals surface area contributed by atoms with Crippen LogP contribution in [0.5, 0.6) is 11.5 Å². The average Bonchev–Trinajstić information content (AvgIpc) is 3.30. The monoisotopic (exact) mass is 548 g/mol. The third-order valence-electron chi connectivity index (χ3n) is 5.64. The van der Waals surface area contributed by atoms with Gasteiger partial charge in [-0.1, -0.05) is 0 Å². The second kappa shape index (κ2) is 8.47. The first-order valence-corrected chi connectivity index (χ1v) is 13.1. The van der Waals surface area contributed by atoms with Gasteiger partial charge in [-0.2, -0.15) is 0 Å². The summed E-state index contributed by atoms with van der Waals surface area (Å²) in [4.78, 5) is 11.3. The molecule has 0 spiro atoms. The van der Waals surface area contributed by atoms with Gasteiger partial charge in [-0.25, -0.2) is 0 Å². The van der Waals surface area contributed by atoms with E-state index in [0.29, 0.717) is 0 Å². The van der Waals surface area contributed by atoms with Crippen molar-refractivity contribution < 1.29 is 4.74 Å². The van der Waals surface area contributed by atoms with Crippen LogP contribution in [0.4, 0.5) is 22.9 Å². The molecule has 33 heavy (non-hydrogen) atoms. The quantitative estimate of drug-likeness (QED) is 0.311. The average molecular weight is 546 g/mol. The van der Waals surface area contributed by atoms with E-state index in [-0.39, 0.29) is 0 Å². The Hall–Kier alpha value is -3.46. The zero-order valence-corrected chi connectivity index (χ0v) is 20.5. The van der Waals surface area contributed by atoms with Crippen molar-refractivity contribution in [3.8, 4) is 11.5 Å². The Kier molecular flexibility index (Phi) is 5.18. The SMILES string of the molecule is CN1C=CN(c2cccc(Oc3ccc4c(c3)N(c3ccccn3)c3ccccc3[Te]4)c2)C1. The van der Waals surface area contributed by atoms with E-state index in [0.717, 1.165) is 35.4 Å². The Morgan fingerprint density at radius 2 is 1.64 bits per heavy atom. The van der Waals surface area contributed by atoms with E-state index >= 15 is 0 Å². The molecular weight excluding hydrogens is 524 g/mol. The van der Waals surface area contributed by atoms with Crippen molar-refractivity contribution in [2.45, 2.75) is 0 Å². The van der Waals surface area contributed by atoms with Crippen molar-refractivity contribution in [1.82, 2.24) is 9.88 Å². The Morgan fingerprint density at radius 3 is 2.48 bits per heavy atom. The van der Waals surface area contributed by atoms with Crippen LogP contribution in [0, 0.1) is 0 Å². The number of anilines is 4. The summed E-state index contributed by atoms with van der Waals surface area (Å²) in [6.45, 7) is 0.838. The van der Waals surface area contributed by atoms with Crippen LogP contribution in [0.2, 0.25) is 0 Å². The molecule has 0 unspecified atom stereocenters. The van der Waals surface area contributed by atoms with Crippen molar-refractivity contribution in [1.29, 1.82) is 0 Å². The van der Waals surface area contributed by atoms with Gasteiger partial charge < -0.3 is 0 Å². The van der Waals surface area contributed by atoms with E-state index in [1.165, 1.54) is 12.9 Å². The topological polar surface area (TPSA) is 31.8 Å². The third kappa shape index (κ3) is 3.93. The molecule has 6 rings (SSSR count). The Balaban J connectivity index is 1.35. The van der Waals surface area contributed by atoms with Crippen LogP contribution >= 0.6 is 0 Å². The van der Waals surface area contributed by atoms with E-state index in [1.807, 2.05) is 30.5 Å². The van der Waals surface area contributed by atoms with E-state index < -0.39 is 20.9 Å². The summed E-state index contributed by atoms with van der Waals surface area (Å²) < 4.78 is 9.15. The summed E-state index contributed by atoms with van der Waals surface area (Å²) in [5, 5.41) is 0. The van der Waals surface area contributed by atoms with Gasteiger partial charge in [-0.15, -0.1) is 0 Å². The van der Waals surface area contributed by atoms with E-state index in [4.69, 9.17) is 4.74 Å². The number of benzene rings is 3. The molecule has 6 heteroatoms. The molecule has 3 heterocycles. The summed E-state index contributed by atoms with van der Waals surface area (Å²) in [5.41, 5.74) is 3.49. The van der Waals surface area contributed by atoms with Crippen molar-refractivity contribution in [3.05, 3.63) is 104 Å². The molecule has 0 saturated heterocycles. The second-order valence-corrected chi connectivity index (χ2v) is 11.1. The van der Waals surface area contributed by atoms with Gasteiger partial charge in [0.05, 0.1) is 0 Å². The molecule has 5 nitrogen and oxygen atoms in total. The van der Waals surface area contributed by atoms with Crippen molar-refractivity contribution in [2.24, 2.45) is 0 Å². The van der Waals surface area contributed by atoms with E-state index in [9.17, 15) is 0 Å². The van der Waals surface area contributed by atoms with Gasteiger partial charge in [0.25, 0.3) is 0 Å². The van der Waals surface area contributed by atoms with Crippen LogP contribution in [0.15, 0.2) is 104 Å². The summed E-state index contributed by atoms with van der Waals surface area (Å²) >= 11 is -0.489. The Morgan fingerprint density at radius 1 is 0.788 bits per heavy atom. The fourth-order valence-electron chi connectivity index (χ4n) is 4.09. The minimum atomic E-state index is -0.489. The van der Waals surface area contributed by atoms with Gasteiger partial charge in [0, 0.05) is 0 Å². The molecule has 0 bridgehead atoms. The maximum absolute atomic E-state index is 6.35. The standard InChI is InChI=1S/C27H22N4OTe/c1-29-15-16-30(19-29)20-7-6-8-21(17-20)32-22-12-13-26-24(18-22)31(27-11-4-5-14-28-27)23-9-2-3-10-25(23)33-26/h2-18H,19H2,1H3. The molecule has 2 aliphatic rings. The zero-order valence-electron chi connectivity index (χ0n) is 18.1. The van der Waals surface area contributed by atoms with Crippen LogP contribution in [0.1, 0.15) is 0 Å². The molecule has 2 aliphatic heterocycles. The maximum atomic E-state index is 6.35. The van der Waals surface area contributed by atoms with Gasteiger partial charge in [0.1, 0.15) is 0 Å². The summed E-state index contributed by atoms with van der Waals surface area (Å²) in [5.74, 6) is 2.57. The summed E-state index contributed by atoms with van der Waals surface area (Å²) in [6, 6.07) is 29.4. The predicted molar refractivity (Wildman–Crippen MR) is 135 cm³/mol. The van der Waals surface area contributed by atoms with Gasteiger partial charge in [0.15, 0.2) is 0 Å². The fraction of sp³-hybridized carbons (Fsp3) is 0.0741. The van der Waals surface area contributed by atoms with Crippen molar-refractivity contribution in [3.63, 3.8) is 0 Å². The first-order chi connectivity index (χ1) is 16.2. The van der Waals surface area contributed by atoms with Crippen LogP contribution in [-0.2, 0) is 0 Å².